The average Bonchev–Trinajstić information content (AvgIpc) is 2.95. The maximum atomic E-state index is 12.7. The molecule has 6 heteroatoms. The van der Waals surface area contributed by atoms with Gasteiger partial charge in [0.2, 0.25) is 11.6 Å². The van der Waals surface area contributed by atoms with Gasteiger partial charge in [-0.05, 0) is 63.8 Å². The van der Waals surface area contributed by atoms with E-state index in [1.165, 1.54) is 0 Å². The molecule has 1 aliphatic heterocycles. The zero-order chi connectivity index (χ0) is 19.8. The number of benzene rings is 1. The predicted octanol–water partition coefficient (Wildman–Crippen LogP) is 4.31. The van der Waals surface area contributed by atoms with Crippen LogP contribution >= 0.6 is 0 Å². The van der Waals surface area contributed by atoms with Gasteiger partial charge in [0, 0.05) is 30.3 Å². The number of hydrogen-bond acceptors (Lipinski definition) is 5. The van der Waals surface area contributed by atoms with Gasteiger partial charge in [-0.25, -0.2) is 9.97 Å². The van der Waals surface area contributed by atoms with Gasteiger partial charge in [-0.15, -0.1) is 0 Å². The number of furan rings is 1. The summed E-state index contributed by atoms with van der Waals surface area (Å²) in [5.41, 5.74) is 4.91. The molecule has 2 aromatic heterocycles. The summed E-state index contributed by atoms with van der Waals surface area (Å²) in [6, 6.07) is 6.14. The molecule has 1 amide bonds. The fraction of sp³-hybridized carbons (Fsp3) is 0.409. The topological polar surface area (TPSA) is 71.3 Å². The molecule has 146 valence electrons. The first-order valence-corrected chi connectivity index (χ1v) is 9.77. The molecule has 0 spiro atoms. The summed E-state index contributed by atoms with van der Waals surface area (Å²) in [6.07, 6.45) is 3.16. The minimum atomic E-state index is 0.0154. The van der Waals surface area contributed by atoms with Crippen molar-refractivity contribution in [2.24, 2.45) is 5.92 Å². The molecular formula is C22H26N4O2. The van der Waals surface area contributed by atoms with E-state index in [0.717, 1.165) is 65.3 Å². The van der Waals surface area contributed by atoms with Crippen molar-refractivity contribution in [2.75, 3.05) is 23.3 Å². The fourth-order valence-electron chi connectivity index (χ4n) is 4.05. The second-order valence-corrected chi connectivity index (χ2v) is 7.79. The molecule has 1 aromatic carbocycles. The number of nitrogens with one attached hydrogen (secondary N) is 1. The summed E-state index contributed by atoms with van der Waals surface area (Å²) in [5, 5.41) is 4.08. The van der Waals surface area contributed by atoms with E-state index < -0.39 is 0 Å². The van der Waals surface area contributed by atoms with E-state index in [0.29, 0.717) is 5.71 Å². The Kier molecular flexibility index (Phi) is 4.79. The first kappa shape index (κ1) is 18.5. The van der Waals surface area contributed by atoms with Crippen LogP contribution in [0.25, 0.3) is 11.1 Å². The van der Waals surface area contributed by atoms with E-state index in [1.54, 1.807) is 6.33 Å². The predicted molar refractivity (Wildman–Crippen MR) is 111 cm³/mol. The fourth-order valence-corrected chi connectivity index (χ4v) is 4.05. The average molecular weight is 378 g/mol. The summed E-state index contributed by atoms with van der Waals surface area (Å²) in [4.78, 5) is 23.7. The molecule has 1 aliphatic rings. The number of aromatic nitrogens is 2. The Morgan fingerprint density at radius 1 is 1.07 bits per heavy atom. The molecule has 1 fully saturated rings. The quantitative estimate of drug-likeness (QED) is 0.735. The van der Waals surface area contributed by atoms with Gasteiger partial charge in [0.25, 0.3) is 0 Å². The van der Waals surface area contributed by atoms with Crippen LogP contribution in [0.5, 0.6) is 0 Å². The molecule has 3 aromatic rings. The van der Waals surface area contributed by atoms with Gasteiger partial charge in [0.1, 0.15) is 17.9 Å². The summed E-state index contributed by atoms with van der Waals surface area (Å²) in [7, 11) is 0. The van der Waals surface area contributed by atoms with Crippen molar-refractivity contribution >= 4 is 28.5 Å². The zero-order valence-electron chi connectivity index (χ0n) is 16.9. The molecule has 1 N–H and O–H groups in total. The third-order valence-electron chi connectivity index (χ3n) is 5.60. The maximum absolute atomic E-state index is 12.7. The van der Waals surface area contributed by atoms with Crippen LogP contribution in [0, 0.1) is 33.6 Å². The number of hydrogen-bond donors (Lipinski definition) is 1. The highest BCUT2D eigenvalue weighted by Crippen LogP contribution is 2.32. The molecule has 28 heavy (non-hydrogen) atoms. The number of piperidine rings is 1. The molecular weight excluding hydrogens is 352 g/mol. The molecule has 0 aliphatic carbocycles. The summed E-state index contributed by atoms with van der Waals surface area (Å²) >= 11 is 0. The van der Waals surface area contributed by atoms with E-state index in [1.807, 2.05) is 39.8 Å². The summed E-state index contributed by atoms with van der Waals surface area (Å²) < 4.78 is 5.73. The van der Waals surface area contributed by atoms with Crippen molar-refractivity contribution in [3.05, 3.63) is 47.0 Å². The van der Waals surface area contributed by atoms with Crippen molar-refractivity contribution < 1.29 is 9.21 Å². The lowest BCUT2D eigenvalue weighted by Gasteiger charge is -2.32. The van der Waals surface area contributed by atoms with E-state index in [-0.39, 0.29) is 11.8 Å². The number of amides is 1. The molecule has 0 unspecified atom stereocenters. The van der Waals surface area contributed by atoms with Gasteiger partial charge >= 0.3 is 0 Å². The number of anilines is 2. The first-order chi connectivity index (χ1) is 13.4. The van der Waals surface area contributed by atoms with Crippen LogP contribution in [-0.2, 0) is 4.79 Å². The van der Waals surface area contributed by atoms with Crippen LogP contribution in [0.3, 0.4) is 0 Å². The monoisotopic (exact) mass is 378 g/mol. The lowest BCUT2D eigenvalue weighted by atomic mass is 9.95. The number of nitrogens with zero attached hydrogens (tertiary/aromatic N) is 3. The van der Waals surface area contributed by atoms with Gasteiger partial charge in [-0.1, -0.05) is 6.07 Å². The van der Waals surface area contributed by atoms with Crippen LogP contribution in [0.15, 0.2) is 28.9 Å². The Bertz CT molecular complexity index is 1010. The van der Waals surface area contributed by atoms with Crippen LogP contribution in [-0.4, -0.2) is 29.0 Å². The van der Waals surface area contributed by atoms with Crippen molar-refractivity contribution in [1.82, 2.24) is 9.97 Å². The highest BCUT2D eigenvalue weighted by molar-refractivity contribution is 5.93. The van der Waals surface area contributed by atoms with Gasteiger partial charge in [-0.2, -0.15) is 0 Å². The molecule has 3 heterocycles. The Morgan fingerprint density at radius 2 is 1.75 bits per heavy atom. The molecule has 6 nitrogen and oxygen atoms in total. The number of rotatable bonds is 3. The van der Waals surface area contributed by atoms with Gasteiger partial charge < -0.3 is 14.6 Å². The minimum absolute atomic E-state index is 0.0154. The van der Waals surface area contributed by atoms with Crippen LogP contribution < -0.4 is 10.2 Å². The summed E-state index contributed by atoms with van der Waals surface area (Å²) in [5.74, 6) is 1.90. The number of aryl methyl sites for hydroxylation is 4. The minimum Gasteiger partial charge on any atom is -0.443 e. The first-order valence-electron chi connectivity index (χ1n) is 9.77. The normalized spacial score (nSPS) is 15.2. The van der Waals surface area contributed by atoms with Gasteiger partial charge in [0.05, 0.1) is 5.39 Å². The highest BCUT2D eigenvalue weighted by Gasteiger charge is 2.27. The Labute approximate surface area is 165 Å². The van der Waals surface area contributed by atoms with Crippen molar-refractivity contribution in [1.29, 1.82) is 0 Å². The molecule has 0 bridgehead atoms. The summed E-state index contributed by atoms with van der Waals surface area (Å²) in [6.45, 7) is 9.66. The molecule has 0 saturated carbocycles. The van der Waals surface area contributed by atoms with Crippen molar-refractivity contribution in [3.8, 4) is 0 Å². The van der Waals surface area contributed by atoms with Crippen LogP contribution in [0.1, 0.15) is 35.3 Å². The highest BCUT2D eigenvalue weighted by atomic mass is 16.3. The number of carbonyl (C=O) groups is 1. The second kappa shape index (κ2) is 7.26. The zero-order valence-corrected chi connectivity index (χ0v) is 16.9. The van der Waals surface area contributed by atoms with Crippen LogP contribution in [0.4, 0.5) is 11.5 Å². The Hall–Kier alpha value is -2.89. The third-order valence-corrected chi connectivity index (χ3v) is 5.60. The maximum Gasteiger partial charge on any atom is 0.231 e. The molecule has 0 radical (unpaired) electrons. The van der Waals surface area contributed by atoms with E-state index in [4.69, 9.17) is 4.42 Å². The smallest absolute Gasteiger partial charge is 0.231 e. The third kappa shape index (κ3) is 3.46. The largest absolute Gasteiger partial charge is 0.443 e. The van der Waals surface area contributed by atoms with Gasteiger partial charge in [0.15, 0.2) is 0 Å². The molecule has 1 saturated heterocycles. The van der Waals surface area contributed by atoms with Crippen LogP contribution in [0.2, 0.25) is 0 Å². The van der Waals surface area contributed by atoms with Crippen molar-refractivity contribution in [3.63, 3.8) is 0 Å². The van der Waals surface area contributed by atoms with E-state index in [9.17, 15) is 4.79 Å². The Balaban J connectivity index is 1.45. The molecule has 0 atom stereocenters. The second-order valence-electron chi connectivity index (χ2n) is 7.79. The number of carbonyl (C=O) groups excluding carboxylic acids is 1. The lowest BCUT2D eigenvalue weighted by molar-refractivity contribution is -0.120. The lowest BCUT2D eigenvalue weighted by Crippen LogP contribution is -2.38. The van der Waals surface area contributed by atoms with E-state index >= 15 is 0 Å². The van der Waals surface area contributed by atoms with Crippen molar-refractivity contribution in [2.45, 2.75) is 40.5 Å². The number of fused-ring (bicyclic) bond motifs is 1. The standard InChI is InChI=1S/C22H26N4O2/c1-13-9-14(2)11-18(10-13)25-21(27)17-5-7-26(8-6-17)20-19-15(3)16(4)28-22(19)24-12-23-20/h9-12,17H,5-8H2,1-4H3,(H,25,27). The van der Waals surface area contributed by atoms with Gasteiger partial charge in [-0.3, -0.25) is 4.79 Å². The van der Waals surface area contributed by atoms with E-state index in [2.05, 4.69) is 26.3 Å². The SMILES string of the molecule is Cc1cc(C)cc(NC(=O)C2CCN(c3ncnc4oc(C)c(C)c34)CC2)c1. The molecule has 4 rings (SSSR count). The Morgan fingerprint density at radius 3 is 2.43 bits per heavy atom.